The lowest BCUT2D eigenvalue weighted by Crippen LogP contribution is -2.32. The molecule has 1 aromatic heterocycles. The number of nitrogens with zero attached hydrogens (tertiary/aromatic N) is 3. The number of fused-ring (bicyclic) bond motifs is 1. The average molecular weight is 453 g/mol. The van der Waals surface area contributed by atoms with Gasteiger partial charge in [0.05, 0.1) is 16.9 Å². The quantitative estimate of drug-likeness (QED) is 0.242. The van der Waals surface area contributed by atoms with Gasteiger partial charge in [-0.15, -0.1) is 10.2 Å². The molecule has 0 spiro atoms. The van der Waals surface area contributed by atoms with Crippen molar-refractivity contribution in [1.82, 2.24) is 15.1 Å². The molecule has 10 heteroatoms. The molecule has 0 unspecified atom stereocenters. The number of thioether (sulfide) groups is 1. The average Bonchev–Trinajstić information content (AvgIpc) is 3.34. The Bertz CT molecular complexity index is 1130. The van der Waals surface area contributed by atoms with E-state index in [1.807, 2.05) is 6.07 Å². The van der Waals surface area contributed by atoms with Crippen LogP contribution in [0.4, 0.5) is 5.13 Å². The number of anilines is 1. The fraction of sp³-hybridized carbons (Fsp3) is 0.143. The Labute approximate surface area is 185 Å². The summed E-state index contributed by atoms with van der Waals surface area (Å²) in [4.78, 5) is 50.1. The summed E-state index contributed by atoms with van der Waals surface area (Å²) >= 11 is 2.40. The highest BCUT2D eigenvalue weighted by Gasteiger charge is 2.35. The van der Waals surface area contributed by atoms with Gasteiger partial charge in [-0.05, 0) is 12.1 Å². The normalized spacial score (nSPS) is 12.7. The third-order valence-electron chi connectivity index (χ3n) is 4.52. The van der Waals surface area contributed by atoms with Gasteiger partial charge < -0.3 is 5.32 Å². The molecule has 0 aliphatic carbocycles. The lowest BCUT2D eigenvalue weighted by Gasteiger charge is -2.12. The standard InChI is InChI=1S/C21H16N4O4S2/c26-16(13-6-2-1-3-7-13)12-30-21-24-23-20(31-21)22-17(27)10-11-25-18(28)14-8-4-5-9-15(14)19(25)29/h1-9H,10-12H2,(H,22,23,27). The first kappa shape index (κ1) is 20.9. The van der Waals surface area contributed by atoms with E-state index < -0.39 is 11.8 Å². The van der Waals surface area contributed by atoms with Crippen molar-refractivity contribution in [2.45, 2.75) is 10.8 Å². The zero-order chi connectivity index (χ0) is 21.8. The minimum Gasteiger partial charge on any atom is -0.300 e. The van der Waals surface area contributed by atoms with Crippen LogP contribution in [0, 0.1) is 0 Å². The summed E-state index contributed by atoms with van der Waals surface area (Å²) in [7, 11) is 0. The highest BCUT2D eigenvalue weighted by atomic mass is 32.2. The summed E-state index contributed by atoms with van der Waals surface area (Å²) in [5.74, 6) is -0.985. The van der Waals surface area contributed by atoms with Crippen LogP contribution in [0.3, 0.4) is 0 Å². The second-order valence-electron chi connectivity index (χ2n) is 6.56. The van der Waals surface area contributed by atoms with E-state index in [2.05, 4.69) is 15.5 Å². The summed E-state index contributed by atoms with van der Waals surface area (Å²) in [6.07, 6.45) is -0.0555. The number of hydrogen-bond donors (Lipinski definition) is 1. The largest absolute Gasteiger partial charge is 0.300 e. The molecule has 1 N–H and O–H groups in total. The van der Waals surface area contributed by atoms with Crippen molar-refractivity contribution in [3.8, 4) is 0 Å². The lowest BCUT2D eigenvalue weighted by atomic mass is 10.1. The number of benzene rings is 2. The smallest absolute Gasteiger partial charge is 0.261 e. The van der Waals surface area contributed by atoms with E-state index in [-0.39, 0.29) is 30.4 Å². The van der Waals surface area contributed by atoms with E-state index in [1.165, 1.54) is 11.8 Å². The van der Waals surface area contributed by atoms with Gasteiger partial charge in [0, 0.05) is 18.5 Å². The highest BCUT2D eigenvalue weighted by molar-refractivity contribution is 8.01. The molecular weight excluding hydrogens is 436 g/mol. The van der Waals surface area contributed by atoms with Gasteiger partial charge in [-0.1, -0.05) is 65.6 Å². The Kier molecular flexibility index (Phi) is 6.19. The van der Waals surface area contributed by atoms with Crippen LogP contribution in [0.25, 0.3) is 0 Å². The van der Waals surface area contributed by atoms with Crippen molar-refractivity contribution in [3.63, 3.8) is 0 Å². The fourth-order valence-corrected chi connectivity index (χ4v) is 4.65. The molecule has 31 heavy (non-hydrogen) atoms. The molecule has 8 nitrogen and oxygen atoms in total. The summed E-state index contributed by atoms with van der Waals surface area (Å²) < 4.78 is 0.555. The van der Waals surface area contributed by atoms with Gasteiger partial charge in [0.2, 0.25) is 11.0 Å². The third kappa shape index (κ3) is 4.70. The number of carbonyl (C=O) groups is 4. The van der Waals surface area contributed by atoms with Crippen molar-refractivity contribution >= 4 is 51.7 Å². The minimum absolute atomic E-state index is 0.0210. The van der Waals surface area contributed by atoms with Crippen molar-refractivity contribution in [3.05, 3.63) is 71.3 Å². The summed E-state index contributed by atoms with van der Waals surface area (Å²) in [5, 5.41) is 10.8. The Balaban J connectivity index is 1.26. The van der Waals surface area contributed by atoms with E-state index in [9.17, 15) is 19.2 Å². The van der Waals surface area contributed by atoms with Crippen LogP contribution in [0.1, 0.15) is 37.5 Å². The van der Waals surface area contributed by atoms with E-state index in [1.54, 1.807) is 48.5 Å². The maximum absolute atomic E-state index is 12.3. The van der Waals surface area contributed by atoms with Crippen LogP contribution in [0.2, 0.25) is 0 Å². The number of nitrogens with one attached hydrogen (secondary N) is 1. The molecule has 0 fully saturated rings. The summed E-state index contributed by atoms with van der Waals surface area (Å²) in [6.45, 7) is -0.0236. The molecular formula is C21H16N4O4S2. The summed E-state index contributed by atoms with van der Waals surface area (Å²) in [6, 6.07) is 15.5. The number of hydrogen-bond acceptors (Lipinski definition) is 8. The molecule has 0 bridgehead atoms. The van der Waals surface area contributed by atoms with Crippen LogP contribution in [-0.4, -0.2) is 50.9 Å². The third-order valence-corrected chi connectivity index (χ3v) is 6.49. The second kappa shape index (κ2) is 9.19. The number of Topliss-reactive ketones (excluding diaryl/α,β-unsaturated/α-hetero) is 1. The van der Waals surface area contributed by atoms with Crippen LogP contribution in [0.15, 0.2) is 58.9 Å². The van der Waals surface area contributed by atoms with Crippen LogP contribution < -0.4 is 5.32 Å². The number of rotatable bonds is 8. The molecule has 1 aliphatic heterocycles. The highest BCUT2D eigenvalue weighted by Crippen LogP contribution is 2.26. The molecule has 2 aromatic carbocycles. The topological polar surface area (TPSA) is 109 Å². The maximum atomic E-state index is 12.3. The molecule has 0 saturated heterocycles. The molecule has 4 rings (SSSR count). The van der Waals surface area contributed by atoms with Gasteiger partial charge in [-0.3, -0.25) is 24.1 Å². The first-order valence-electron chi connectivity index (χ1n) is 9.32. The van der Waals surface area contributed by atoms with Gasteiger partial charge in [0.1, 0.15) is 0 Å². The van der Waals surface area contributed by atoms with E-state index in [4.69, 9.17) is 0 Å². The van der Waals surface area contributed by atoms with E-state index in [0.717, 1.165) is 16.2 Å². The number of ketones is 1. The zero-order valence-electron chi connectivity index (χ0n) is 16.1. The Morgan fingerprint density at radius 3 is 2.26 bits per heavy atom. The Morgan fingerprint density at radius 1 is 0.935 bits per heavy atom. The zero-order valence-corrected chi connectivity index (χ0v) is 17.7. The SMILES string of the molecule is O=C(CCN1C(=O)c2ccccc2C1=O)Nc1nnc(SCC(=O)c2ccccc2)s1. The molecule has 3 amide bonds. The van der Waals surface area contributed by atoms with Gasteiger partial charge in [-0.2, -0.15) is 0 Å². The van der Waals surface area contributed by atoms with Gasteiger partial charge in [-0.25, -0.2) is 0 Å². The number of amides is 3. The first-order chi connectivity index (χ1) is 15.0. The molecule has 0 radical (unpaired) electrons. The van der Waals surface area contributed by atoms with Gasteiger partial charge in [0.25, 0.3) is 11.8 Å². The van der Waals surface area contributed by atoms with Crippen LogP contribution >= 0.6 is 23.1 Å². The van der Waals surface area contributed by atoms with Gasteiger partial charge >= 0.3 is 0 Å². The fourth-order valence-electron chi connectivity index (χ4n) is 2.99. The number of aromatic nitrogens is 2. The van der Waals surface area contributed by atoms with Crippen molar-refractivity contribution in [2.24, 2.45) is 0 Å². The van der Waals surface area contributed by atoms with E-state index in [0.29, 0.717) is 26.2 Å². The van der Waals surface area contributed by atoms with E-state index >= 15 is 0 Å². The molecule has 2 heterocycles. The van der Waals surface area contributed by atoms with Crippen molar-refractivity contribution in [2.75, 3.05) is 17.6 Å². The molecule has 0 atom stereocenters. The van der Waals surface area contributed by atoms with Crippen LogP contribution in [-0.2, 0) is 4.79 Å². The number of imide groups is 1. The summed E-state index contributed by atoms with van der Waals surface area (Å²) in [5.41, 5.74) is 1.33. The van der Waals surface area contributed by atoms with Crippen molar-refractivity contribution < 1.29 is 19.2 Å². The predicted octanol–water partition coefficient (Wildman–Crippen LogP) is 3.14. The number of carbonyl (C=O) groups excluding carboxylic acids is 4. The molecule has 1 aliphatic rings. The van der Waals surface area contributed by atoms with Gasteiger partial charge in [0.15, 0.2) is 10.1 Å². The molecule has 3 aromatic rings. The monoisotopic (exact) mass is 452 g/mol. The first-order valence-corrected chi connectivity index (χ1v) is 11.1. The minimum atomic E-state index is -0.397. The lowest BCUT2D eigenvalue weighted by molar-refractivity contribution is -0.116. The Hall–Kier alpha value is -3.37. The Morgan fingerprint density at radius 2 is 1.58 bits per heavy atom. The van der Waals surface area contributed by atoms with Crippen LogP contribution in [0.5, 0.6) is 0 Å². The molecule has 156 valence electrons. The predicted molar refractivity (Wildman–Crippen MR) is 116 cm³/mol. The maximum Gasteiger partial charge on any atom is 0.261 e. The van der Waals surface area contributed by atoms with Crippen molar-refractivity contribution in [1.29, 1.82) is 0 Å². The molecule has 0 saturated carbocycles. The second-order valence-corrected chi connectivity index (χ2v) is 8.76.